The fraction of sp³-hybridized carbons (Fsp3) is 0.231. The molecule has 0 aromatic carbocycles. The second kappa shape index (κ2) is 5.72. The third kappa shape index (κ3) is 2.59. The number of fused-ring (bicyclic) bond motifs is 1. The molecule has 1 N–H and O–H groups in total. The highest BCUT2D eigenvalue weighted by Crippen LogP contribution is 2.35. The van der Waals surface area contributed by atoms with Crippen LogP contribution in [0.25, 0.3) is 10.2 Å². The molecule has 7 heteroatoms. The maximum Gasteiger partial charge on any atom is 0.224 e. The maximum atomic E-state index is 4.54. The van der Waals surface area contributed by atoms with Crippen molar-refractivity contribution in [2.24, 2.45) is 0 Å². The summed E-state index contributed by atoms with van der Waals surface area (Å²) in [6.45, 7) is 2.15. The van der Waals surface area contributed by atoms with E-state index in [1.54, 1.807) is 29.9 Å². The third-order valence-electron chi connectivity index (χ3n) is 2.72. The van der Waals surface area contributed by atoms with E-state index in [9.17, 15) is 0 Å². The van der Waals surface area contributed by atoms with E-state index in [0.717, 1.165) is 26.7 Å². The van der Waals surface area contributed by atoms with Crippen molar-refractivity contribution in [1.29, 1.82) is 0 Å². The summed E-state index contributed by atoms with van der Waals surface area (Å²) in [6.07, 6.45) is 6.10. The van der Waals surface area contributed by atoms with E-state index < -0.39 is 0 Å². The fourth-order valence-corrected chi connectivity index (χ4v) is 3.60. The molecule has 0 radical (unpaired) electrons. The summed E-state index contributed by atoms with van der Waals surface area (Å²) >= 11 is 3.22. The van der Waals surface area contributed by atoms with E-state index >= 15 is 0 Å². The Morgan fingerprint density at radius 3 is 2.90 bits per heavy atom. The summed E-state index contributed by atoms with van der Waals surface area (Å²) < 4.78 is 0. The summed E-state index contributed by atoms with van der Waals surface area (Å²) in [7, 11) is 1.83. The molecule has 0 bridgehead atoms. The molecule has 0 aliphatic rings. The zero-order valence-electron chi connectivity index (χ0n) is 11.1. The minimum Gasteiger partial charge on any atom is -0.357 e. The quantitative estimate of drug-likeness (QED) is 0.747. The number of aromatic nitrogens is 4. The van der Waals surface area contributed by atoms with Crippen molar-refractivity contribution in [3.8, 4) is 0 Å². The van der Waals surface area contributed by atoms with E-state index in [1.165, 1.54) is 16.6 Å². The Hall–Kier alpha value is -1.73. The largest absolute Gasteiger partial charge is 0.357 e. The lowest BCUT2D eigenvalue weighted by Crippen LogP contribution is -1.97. The second-order valence-corrected chi connectivity index (χ2v) is 6.16. The van der Waals surface area contributed by atoms with Gasteiger partial charge in [0, 0.05) is 29.7 Å². The van der Waals surface area contributed by atoms with E-state index in [-0.39, 0.29) is 0 Å². The highest BCUT2D eigenvalue weighted by Gasteiger charge is 2.12. The first-order chi connectivity index (χ1) is 9.80. The molecule has 3 aromatic heterocycles. The predicted octanol–water partition coefficient (Wildman–Crippen LogP) is 3.24. The molecule has 0 atom stereocenters. The van der Waals surface area contributed by atoms with Crippen molar-refractivity contribution in [3.63, 3.8) is 0 Å². The van der Waals surface area contributed by atoms with Gasteiger partial charge in [0.2, 0.25) is 5.95 Å². The first-order valence-corrected chi connectivity index (χ1v) is 7.85. The van der Waals surface area contributed by atoms with Gasteiger partial charge in [0.05, 0.1) is 6.20 Å². The van der Waals surface area contributed by atoms with E-state index in [2.05, 4.69) is 38.2 Å². The molecule has 20 heavy (non-hydrogen) atoms. The molecule has 0 aliphatic carbocycles. The van der Waals surface area contributed by atoms with Gasteiger partial charge in [-0.2, -0.15) is 0 Å². The number of hydrogen-bond acceptors (Lipinski definition) is 7. The summed E-state index contributed by atoms with van der Waals surface area (Å²) in [5.41, 5.74) is 0. The average molecular weight is 303 g/mol. The van der Waals surface area contributed by atoms with Gasteiger partial charge in [-0.15, -0.1) is 11.3 Å². The first-order valence-electron chi connectivity index (χ1n) is 6.22. The summed E-state index contributed by atoms with van der Waals surface area (Å²) in [5, 5.41) is 5.84. The van der Waals surface area contributed by atoms with Crippen molar-refractivity contribution in [2.75, 3.05) is 12.4 Å². The number of nitrogens with zero attached hydrogens (tertiary/aromatic N) is 4. The topological polar surface area (TPSA) is 63.6 Å². The number of rotatable bonds is 4. The van der Waals surface area contributed by atoms with Gasteiger partial charge in [0.15, 0.2) is 0 Å². The van der Waals surface area contributed by atoms with Crippen LogP contribution in [0.4, 0.5) is 5.95 Å². The molecule has 3 heterocycles. The monoisotopic (exact) mass is 303 g/mol. The van der Waals surface area contributed by atoms with Crippen LogP contribution in [-0.4, -0.2) is 27.0 Å². The molecule has 5 nitrogen and oxygen atoms in total. The minimum atomic E-state index is 0.633. The van der Waals surface area contributed by atoms with Crippen LogP contribution in [0, 0.1) is 0 Å². The van der Waals surface area contributed by atoms with Gasteiger partial charge >= 0.3 is 0 Å². The molecular formula is C13H13N5S2. The molecule has 0 aliphatic heterocycles. The number of nitrogens with one attached hydrogen (secondary N) is 1. The predicted molar refractivity (Wildman–Crippen MR) is 82.5 cm³/mol. The van der Waals surface area contributed by atoms with E-state index in [4.69, 9.17) is 0 Å². The molecule has 3 aromatic rings. The molecular weight excluding hydrogens is 290 g/mol. The van der Waals surface area contributed by atoms with E-state index in [0.29, 0.717) is 5.95 Å². The lowest BCUT2D eigenvalue weighted by atomic mass is 10.3. The maximum absolute atomic E-state index is 4.54. The average Bonchev–Trinajstić information content (AvgIpc) is 2.91. The first kappa shape index (κ1) is 13.3. The number of hydrogen-bond donors (Lipinski definition) is 1. The van der Waals surface area contributed by atoms with Crippen LogP contribution in [0.1, 0.15) is 11.8 Å². The molecule has 0 fully saturated rings. The Kier molecular flexibility index (Phi) is 3.79. The van der Waals surface area contributed by atoms with Crippen LogP contribution in [0.5, 0.6) is 0 Å². The van der Waals surface area contributed by atoms with Crippen molar-refractivity contribution in [2.45, 2.75) is 23.4 Å². The SMILES string of the molecule is CCc1cc2c(Sc3cnccn3)nc(NC)nc2s1. The Balaban J connectivity index is 2.09. The van der Waals surface area contributed by atoms with Crippen LogP contribution in [-0.2, 0) is 6.42 Å². The summed E-state index contributed by atoms with van der Waals surface area (Å²) in [4.78, 5) is 19.7. The highest BCUT2D eigenvalue weighted by molar-refractivity contribution is 7.99. The molecule has 0 amide bonds. The summed E-state index contributed by atoms with van der Waals surface area (Å²) in [6, 6.07) is 2.16. The number of anilines is 1. The number of thiophene rings is 1. The van der Waals surface area contributed by atoms with Crippen molar-refractivity contribution >= 4 is 39.3 Å². The Morgan fingerprint density at radius 2 is 2.20 bits per heavy atom. The number of aryl methyl sites for hydroxylation is 1. The zero-order chi connectivity index (χ0) is 13.9. The Bertz CT molecular complexity index is 726. The Labute approximate surface area is 124 Å². The summed E-state index contributed by atoms with van der Waals surface area (Å²) in [5.74, 6) is 0.633. The minimum absolute atomic E-state index is 0.633. The normalized spacial score (nSPS) is 10.9. The molecule has 0 saturated carbocycles. The Morgan fingerprint density at radius 1 is 1.30 bits per heavy atom. The van der Waals surface area contributed by atoms with Crippen molar-refractivity contribution < 1.29 is 0 Å². The van der Waals surface area contributed by atoms with Crippen LogP contribution in [0.3, 0.4) is 0 Å². The van der Waals surface area contributed by atoms with Crippen LogP contribution >= 0.6 is 23.1 Å². The van der Waals surface area contributed by atoms with Gasteiger partial charge in [0.25, 0.3) is 0 Å². The van der Waals surface area contributed by atoms with Gasteiger partial charge in [-0.25, -0.2) is 15.0 Å². The van der Waals surface area contributed by atoms with Gasteiger partial charge in [-0.1, -0.05) is 6.92 Å². The van der Waals surface area contributed by atoms with Crippen LogP contribution in [0.2, 0.25) is 0 Å². The highest BCUT2D eigenvalue weighted by atomic mass is 32.2. The smallest absolute Gasteiger partial charge is 0.224 e. The van der Waals surface area contributed by atoms with Gasteiger partial charge in [0.1, 0.15) is 14.9 Å². The molecule has 0 spiro atoms. The molecule has 3 rings (SSSR count). The van der Waals surface area contributed by atoms with Gasteiger partial charge in [-0.3, -0.25) is 4.98 Å². The van der Waals surface area contributed by atoms with Crippen molar-refractivity contribution in [1.82, 2.24) is 19.9 Å². The molecule has 0 saturated heterocycles. The van der Waals surface area contributed by atoms with Crippen molar-refractivity contribution in [3.05, 3.63) is 29.5 Å². The fourth-order valence-electron chi connectivity index (χ4n) is 1.75. The molecule has 0 unspecified atom stereocenters. The second-order valence-electron chi connectivity index (χ2n) is 4.03. The van der Waals surface area contributed by atoms with Gasteiger partial charge < -0.3 is 5.32 Å². The lowest BCUT2D eigenvalue weighted by Gasteiger charge is -2.04. The van der Waals surface area contributed by atoms with Gasteiger partial charge in [-0.05, 0) is 24.2 Å². The molecule has 102 valence electrons. The lowest BCUT2D eigenvalue weighted by molar-refractivity contribution is 1.04. The van der Waals surface area contributed by atoms with E-state index in [1.807, 2.05) is 7.05 Å². The van der Waals surface area contributed by atoms with Crippen LogP contribution < -0.4 is 5.32 Å². The van der Waals surface area contributed by atoms with Crippen LogP contribution in [0.15, 0.2) is 34.7 Å². The standard InChI is InChI=1S/C13H13N5S2/c1-3-8-6-9-11(19-8)17-13(14-2)18-12(9)20-10-7-15-4-5-16-10/h4-7H,3H2,1-2H3,(H,14,17,18). The zero-order valence-corrected chi connectivity index (χ0v) is 12.8. The third-order valence-corrected chi connectivity index (χ3v) is 4.82.